The van der Waals surface area contributed by atoms with Crippen LogP contribution in [0.25, 0.3) is 16.9 Å². The lowest BCUT2D eigenvalue weighted by atomic mass is 10.0. The molecule has 0 N–H and O–H groups in total. The molecule has 6 heteroatoms. The number of ether oxygens (including phenoxy) is 4. The summed E-state index contributed by atoms with van der Waals surface area (Å²) < 4.78 is 23.9. The molecule has 2 aromatic carbocycles. The maximum Gasteiger partial charge on any atom is 0.267 e. The summed E-state index contributed by atoms with van der Waals surface area (Å²) in [4.78, 5) is 9.16. The first-order valence-corrected chi connectivity index (χ1v) is 17.0. The highest BCUT2D eigenvalue weighted by Gasteiger charge is 2.26. The third-order valence-corrected chi connectivity index (χ3v) is 8.50. The summed E-state index contributed by atoms with van der Waals surface area (Å²) in [6.45, 7) is 4.70. The highest BCUT2D eigenvalue weighted by atomic mass is 16.7. The van der Waals surface area contributed by atoms with Gasteiger partial charge in [0.2, 0.25) is 5.76 Å². The highest BCUT2D eigenvalue weighted by Crippen LogP contribution is 2.35. The molecule has 1 saturated carbocycles. The van der Waals surface area contributed by atoms with Crippen LogP contribution >= 0.6 is 0 Å². The Bertz CT molecular complexity index is 1270. The molecule has 1 fully saturated rings. The molecule has 0 saturated heterocycles. The molecule has 2 aliphatic rings. The van der Waals surface area contributed by atoms with Crippen molar-refractivity contribution in [3.05, 3.63) is 84.1 Å². The van der Waals surface area contributed by atoms with Crippen molar-refractivity contribution < 1.29 is 18.9 Å². The molecule has 0 amide bonds. The Labute approximate surface area is 264 Å². The Morgan fingerprint density at radius 3 is 2.27 bits per heavy atom. The Balaban J connectivity index is 1.03. The molecule has 0 radical (unpaired) electrons. The number of benzene rings is 2. The van der Waals surface area contributed by atoms with Crippen LogP contribution in [0, 0.1) is 5.92 Å². The maximum absolute atomic E-state index is 6.18. The largest absolute Gasteiger partial charge is 0.494 e. The molecule has 0 bridgehead atoms. The number of hydrogen-bond acceptors (Lipinski definition) is 6. The Kier molecular flexibility index (Phi) is 13.0. The zero-order valence-corrected chi connectivity index (χ0v) is 26.6. The van der Waals surface area contributed by atoms with Crippen LogP contribution in [0.5, 0.6) is 5.75 Å². The zero-order chi connectivity index (χ0) is 30.2. The number of nitrogens with zero attached hydrogens (tertiary/aromatic N) is 2. The van der Waals surface area contributed by atoms with Crippen molar-refractivity contribution >= 4 is 5.76 Å². The lowest BCUT2D eigenvalue weighted by Gasteiger charge is -2.16. The molecule has 1 unspecified atom stereocenters. The second kappa shape index (κ2) is 17.8. The first-order chi connectivity index (χ1) is 21.8. The van der Waals surface area contributed by atoms with Gasteiger partial charge in [-0.05, 0) is 61.3 Å². The monoisotopic (exact) mass is 598 g/mol. The van der Waals surface area contributed by atoms with Crippen LogP contribution in [-0.4, -0.2) is 29.8 Å². The summed E-state index contributed by atoms with van der Waals surface area (Å²) in [5, 5.41) is 0. The fraction of sp³-hybridized carbons (Fsp3) is 0.526. The van der Waals surface area contributed by atoms with E-state index < -0.39 is 6.29 Å². The lowest BCUT2D eigenvalue weighted by Crippen LogP contribution is -2.05. The van der Waals surface area contributed by atoms with E-state index in [-0.39, 0.29) is 0 Å². The van der Waals surface area contributed by atoms with Crippen LogP contribution in [0.3, 0.4) is 0 Å². The van der Waals surface area contributed by atoms with Gasteiger partial charge in [0.25, 0.3) is 6.29 Å². The van der Waals surface area contributed by atoms with Crippen molar-refractivity contribution in [3.63, 3.8) is 0 Å². The van der Waals surface area contributed by atoms with E-state index in [1.807, 2.05) is 30.6 Å². The zero-order valence-electron chi connectivity index (χ0n) is 26.6. The van der Waals surface area contributed by atoms with Gasteiger partial charge in [0, 0.05) is 36.7 Å². The van der Waals surface area contributed by atoms with Gasteiger partial charge in [0.05, 0.1) is 6.61 Å². The summed E-state index contributed by atoms with van der Waals surface area (Å²) in [7, 11) is 0. The summed E-state index contributed by atoms with van der Waals surface area (Å²) >= 11 is 0. The van der Waals surface area contributed by atoms with Gasteiger partial charge in [-0.2, -0.15) is 0 Å². The minimum atomic E-state index is -0.491. The van der Waals surface area contributed by atoms with Crippen LogP contribution in [0.4, 0.5) is 0 Å². The second-order valence-corrected chi connectivity index (χ2v) is 12.2. The fourth-order valence-corrected chi connectivity index (χ4v) is 5.61. The summed E-state index contributed by atoms with van der Waals surface area (Å²) in [5.74, 6) is 3.01. The van der Waals surface area contributed by atoms with E-state index in [1.165, 1.54) is 63.4 Å². The number of unbranched alkanes of at least 4 members (excludes halogenated alkanes) is 7. The predicted octanol–water partition coefficient (Wildman–Crippen LogP) is 9.85. The molecule has 1 aliphatic heterocycles. The van der Waals surface area contributed by atoms with Crippen LogP contribution in [0.1, 0.15) is 114 Å². The van der Waals surface area contributed by atoms with Crippen molar-refractivity contribution in [2.24, 2.45) is 5.92 Å². The molecule has 5 rings (SSSR count). The fourth-order valence-electron chi connectivity index (χ4n) is 5.61. The molecule has 1 aliphatic carbocycles. The number of aromatic nitrogens is 2. The molecule has 1 aromatic heterocycles. The van der Waals surface area contributed by atoms with Crippen molar-refractivity contribution in [1.29, 1.82) is 0 Å². The smallest absolute Gasteiger partial charge is 0.267 e. The number of rotatable bonds is 21. The van der Waals surface area contributed by atoms with Gasteiger partial charge in [0.15, 0.2) is 5.82 Å². The lowest BCUT2D eigenvalue weighted by molar-refractivity contribution is -0.0181. The Morgan fingerprint density at radius 1 is 0.750 bits per heavy atom. The van der Waals surface area contributed by atoms with Crippen LogP contribution < -0.4 is 4.74 Å². The van der Waals surface area contributed by atoms with Gasteiger partial charge in [-0.25, -0.2) is 9.97 Å². The quantitative estimate of drug-likeness (QED) is 0.114. The molecular weight excluding hydrogens is 548 g/mol. The average molecular weight is 599 g/mol. The Morgan fingerprint density at radius 2 is 1.48 bits per heavy atom. The van der Waals surface area contributed by atoms with E-state index >= 15 is 0 Å². The van der Waals surface area contributed by atoms with Crippen molar-refractivity contribution in [1.82, 2.24) is 9.97 Å². The van der Waals surface area contributed by atoms with E-state index in [1.54, 1.807) is 6.26 Å². The van der Waals surface area contributed by atoms with Gasteiger partial charge in [-0.1, -0.05) is 101 Å². The molecule has 0 spiro atoms. The Hall–Kier alpha value is -3.38. The summed E-state index contributed by atoms with van der Waals surface area (Å²) in [6.07, 6.45) is 22.3. The van der Waals surface area contributed by atoms with Crippen molar-refractivity contribution in [3.8, 4) is 16.9 Å². The average Bonchev–Trinajstić information content (AvgIpc) is 3.77. The molecule has 3 aromatic rings. The number of aryl methyl sites for hydroxylation is 1. The topological polar surface area (TPSA) is 62.7 Å². The van der Waals surface area contributed by atoms with E-state index in [9.17, 15) is 0 Å². The van der Waals surface area contributed by atoms with Gasteiger partial charge in [0.1, 0.15) is 12.0 Å². The second-order valence-electron chi connectivity index (χ2n) is 12.2. The van der Waals surface area contributed by atoms with E-state index in [0.29, 0.717) is 11.6 Å². The van der Waals surface area contributed by atoms with E-state index in [4.69, 9.17) is 18.9 Å². The first kappa shape index (κ1) is 32.0. The SMILES string of the molecule is CCCCCCOCCCCc1ccccc1C1OC=C(c2ncc(-c3ccc(OCCCCCCC4CC4)cc3)cn2)O1. The third kappa shape index (κ3) is 10.4. The predicted molar refractivity (Wildman–Crippen MR) is 176 cm³/mol. The van der Waals surface area contributed by atoms with Gasteiger partial charge < -0.3 is 18.9 Å². The van der Waals surface area contributed by atoms with Crippen LogP contribution in [-0.2, 0) is 20.6 Å². The van der Waals surface area contributed by atoms with E-state index in [0.717, 1.165) is 80.3 Å². The third-order valence-electron chi connectivity index (χ3n) is 8.50. The van der Waals surface area contributed by atoms with Gasteiger partial charge in [-0.3, -0.25) is 0 Å². The van der Waals surface area contributed by atoms with E-state index in [2.05, 4.69) is 47.2 Å². The number of hydrogen-bond donors (Lipinski definition) is 0. The van der Waals surface area contributed by atoms with Crippen molar-refractivity contribution in [2.45, 2.75) is 103 Å². The van der Waals surface area contributed by atoms with Crippen LogP contribution in [0.2, 0.25) is 0 Å². The summed E-state index contributed by atoms with van der Waals surface area (Å²) in [5.41, 5.74) is 4.28. The van der Waals surface area contributed by atoms with Gasteiger partial charge >= 0.3 is 0 Å². The maximum atomic E-state index is 6.18. The molecule has 2 heterocycles. The normalized spacial score (nSPS) is 15.9. The first-order valence-electron chi connectivity index (χ1n) is 17.0. The standard InChI is InChI=1S/C38H50N2O4/c1-2-3-4-11-24-41-25-13-10-16-32-15-8-9-17-35(32)38-43-29-36(44-38)37-39-27-33(28-40-37)31-20-22-34(23-21-31)42-26-12-6-5-7-14-30-18-19-30/h8-9,15,17,20-23,27-30,38H,2-7,10-14,16,18-19,24-26H2,1H3. The van der Waals surface area contributed by atoms with Gasteiger partial charge in [-0.15, -0.1) is 0 Å². The molecule has 44 heavy (non-hydrogen) atoms. The summed E-state index contributed by atoms with van der Waals surface area (Å²) in [6, 6.07) is 16.5. The van der Waals surface area contributed by atoms with Crippen LogP contribution in [0.15, 0.2) is 67.2 Å². The highest BCUT2D eigenvalue weighted by molar-refractivity contribution is 5.63. The molecule has 236 valence electrons. The molecule has 6 nitrogen and oxygen atoms in total. The minimum absolute atomic E-state index is 0.491. The molecule has 1 atom stereocenters. The van der Waals surface area contributed by atoms with Crippen molar-refractivity contribution in [2.75, 3.05) is 19.8 Å². The molecular formula is C38H50N2O4. The minimum Gasteiger partial charge on any atom is -0.494 e.